The molecule has 2 amide bonds. The first kappa shape index (κ1) is 26.1. The van der Waals surface area contributed by atoms with Gasteiger partial charge in [-0.15, -0.1) is 23.2 Å². The van der Waals surface area contributed by atoms with E-state index in [1.807, 2.05) is 0 Å². The van der Waals surface area contributed by atoms with Crippen molar-refractivity contribution in [3.05, 3.63) is 87.4 Å². The van der Waals surface area contributed by atoms with Crippen LogP contribution in [0.15, 0.2) is 42.5 Å². The molecule has 0 aromatic heterocycles. The molecule has 4 rings (SSSR count). The molecule has 1 saturated carbocycles. The Kier molecular flexibility index (Phi) is 6.85. The van der Waals surface area contributed by atoms with Crippen LogP contribution in [0, 0.1) is 36.1 Å². The number of carbonyl (C=O) groups is 2. The number of anilines is 3. The summed E-state index contributed by atoms with van der Waals surface area (Å²) in [6.07, 6.45) is 0. The lowest BCUT2D eigenvalue weighted by molar-refractivity contribution is -0.117. The van der Waals surface area contributed by atoms with Gasteiger partial charge in [0.05, 0.1) is 16.6 Å². The van der Waals surface area contributed by atoms with Crippen LogP contribution in [0.2, 0.25) is 5.02 Å². The van der Waals surface area contributed by atoms with Gasteiger partial charge in [-0.1, -0.05) is 17.7 Å². The summed E-state index contributed by atoms with van der Waals surface area (Å²) in [6.45, 7) is 1.31. The largest absolute Gasteiger partial charge is 0.394 e. The maximum atomic E-state index is 14.6. The van der Waals surface area contributed by atoms with Gasteiger partial charge in [-0.25, -0.2) is 17.6 Å². The molecule has 1 fully saturated rings. The first-order valence-corrected chi connectivity index (χ1v) is 11.4. The summed E-state index contributed by atoms with van der Waals surface area (Å²) in [4.78, 5) is 25.6. The molecule has 1 aliphatic rings. The van der Waals surface area contributed by atoms with E-state index in [2.05, 4.69) is 10.6 Å². The average molecular weight is 561 g/mol. The number of nitrogens with two attached hydrogens (primary N) is 1. The van der Waals surface area contributed by atoms with Crippen LogP contribution in [0.3, 0.4) is 0 Å². The number of nitrogens with one attached hydrogen (secondary N) is 2. The van der Waals surface area contributed by atoms with Gasteiger partial charge < -0.3 is 16.4 Å². The Morgan fingerprint density at radius 3 is 2.28 bits per heavy atom. The van der Waals surface area contributed by atoms with Gasteiger partial charge >= 0.3 is 0 Å². The number of alkyl halides is 2. The quantitative estimate of drug-likeness (QED) is 0.188. The number of rotatable bonds is 5. The first-order valence-electron chi connectivity index (χ1n) is 10.3. The van der Waals surface area contributed by atoms with Crippen molar-refractivity contribution in [2.45, 2.75) is 17.2 Å². The molecular formula is C24H16Cl3F4N3O2. The Labute approximate surface area is 217 Å². The van der Waals surface area contributed by atoms with Crippen LogP contribution in [0.4, 0.5) is 34.6 Å². The predicted molar refractivity (Wildman–Crippen MR) is 131 cm³/mol. The lowest BCUT2D eigenvalue weighted by atomic mass is 10.1. The van der Waals surface area contributed by atoms with Gasteiger partial charge in [0.15, 0.2) is 5.82 Å². The van der Waals surface area contributed by atoms with Crippen molar-refractivity contribution < 1.29 is 27.2 Å². The molecule has 12 heteroatoms. The number of hydrogen-bond acceptors (Lipinski definition) is 3. The third kappa shape index (κ3) is 4.70. The van der Waals surface area contributed by atoms with Gasteiger partial charge in [0.25, 0.3) is 5.91 Å². The highest BCUT2D eigenvalue weighted by molar-refractivity contribution is 6.53. The van der Waals surface area contributed by atoms with Gasteiger partial charge in [-0.3, -0.25) is 9.59 Å². The monoisotopic (exact) mass is 559 g/mol. The molecular weight excluding hydrogens is 545 g/mol. The molecule has 4 N–H and O–H groups in total. The molecule has 1 aliphatic carbocycles. The van der Waals surface area contributed by atoms with E-state index in [9.17, 15) is 27.2 Å². The fraction of sp³-hybridized carbons (Fsp3) is 0.167. The van der Waals surface area contributed by atoms with Crippen molar-refractivity contribution >= 4 is 63.7 Å². The number of halogens is 7. The highest BCUT2D eigenvalue weighted by atomic mass is 35.5. The molecule has 188 valence electrons. The highest BCUT2D eigenvalue weighted by Crippen LogP contribution is 2.65. The number of hydrogen-bond donors (Lipinski definition) is 3. The van der Waals surface area contributed by atoms with E-state index in [4.69, 9.17) is 40.5 Å². The van der Waals surface area contributed by atoms with Gasteiger partial charge in [-0.2, -0.15) is 0 Å². The van der Waals surface area contributed by atoms with Gasteiger partial charge in [0.1, 0.15) is 27.5 Å². The average Bonchev–Trinajstić information content (AvgIpc) is 3.40. The molecule has 0 unspecified atom stereocenters. The van der Waals surface area contributed by atoms with Gasteiger partial charge in [0.2, 0.25) is 5.91 Å². The Morgan fingerprint density at radius 2 is 1.61 bits per heavy atom. The summed E-state index contributed by atoms with van der Waals surface area (Å²) < 4.78 is 54.2. The van der Waals surface area contributed by atoms with E-state index in [0.29, 0.717) is 5.56 Å². The van der Waals surface area contributed by atoms with Crippen molar-refractivity contribution in [1.29, 1.82) is 0 Å². The van der Waals surface area contributed by atoms with Crippen molar-refractivity contribution in [1.82, 2.24) is 0 Å². The van der Waals surface area contributed by atoms with Crippen molar-refractivity contribution in [3.63, 3.8) is 0 Å². The third-order valence-electron chi connectivity index (χ3n) is 5.87. The molecule has 3 aromatic rings. The molecule has 0 heterocycles. The number of benzene rings is 3. The van der Waals surface area contributed by atoms with Crippen molar-refractivity contribution in [3.8, 4) is 0 Å². The minimum atomic E-state index is -1.53. The molecule has 0 saturated heterocycles. The molecule has 0 aliphatic heterocycles. The Morgan fingerprint density at radius 1 is 0.944 bits per heavy atom. The topological polar surface area (TPSA) is 84.2 Å². The first-order chi connectivity index (χ1) is 16.8. The van der Waals surface area contributed by atoms with Crippen LogP contribution in [-0.4, -0.2) is 16.1 Å². The maximum Gasteiger partial charge on any atom is 0.256 e. The van der Waals surface area contributed by atoms with Crippen molar-refractivity contribution in [2.75, 3.05) is 16.4 Å². The maximum absolute atomic E-state index is 14.6. The van der Waals surface area contributed by atoms with Crippen LogP contribution in [0.1, 0.15) is 27.4 Å². The summed E-state index contributed by atoms with van der Waals surface area (Å²) in [6, 6.07) is 7.81. The second-order valence-corrected chi connectivity index (χ2v) is 10.1. The summed E-state index contributed by atoms with van der Waals surface area (Å²) >= 11 is 18.4. The fourth-order valence-corrected chi connectivity index (χ4v) is 4.85. The van der Waals surface area contributed by atoms with Crippen LogP contribution in [0.5, 0.6) is 0 Å². The number of carbonyl (C=O) groups excluding carboxylic acids is 2. The molecule has 5 nitrogen and oxygen atoms in total. The summed E-state index contributed by atoms with van der Waals surface area (Å²) in [7, 11) is 0. The summed E-state index contributed by atoms with van der Waals surface area (Å²) in [5, 5.41) is 4.50. The van der Waals surface area contributed by atoms with Crippen LogP contribution >= 0.6 is 34.8 Å². The zero-order chi connectivity index (χ0) is 26.5. The lowest BCUT2D eigenvalue weighted by Crippen LogP contribution is -2.19. The Hall–Kier alpha value is -3.01. The van der Waals surface area contributed by atoms with Crippen LogP contribution < -0.4 is 16.4 Å². The van der Waals surface area contributed by atoms with Crippen LogP contribution in [0.25, 0.3) is 0 Å². The molecule has 2 atom stereocenters. The molecule has 36 heavy (non-hydrogen) atoms. The summed E-state index contributed by atoms with van der Waals surface area (Å²) in [5.74, 6) is -7.00. The molecule has 3 aromatic carbocycles. The lowest BCUT2D eigenvalue weighted by Gasteiger charge is -2.13. The second kappa shape index (κ2) is 9.46. The van der Waals surface area contributed by atoms with Crippen molar-refractivity contribution in [2.24, 2.45) is 5.92 Å². The highest BCUT2D eigenvalue weighted by Gasteiger charge is 2.67. The smallest absolute Gasteiger partial charge is 0.256 e. The van der Waals surface area contributed by atoms with E-state index in [-0.39, 0.29) is 21.8 Å². The minimum absolute atomic E-state index is 0.0877. The van der Waals surface area contributed by atoms with E-state index in [1.54, 1.807) is 0 Å². The van der Waals surface area contributed by atoms with E-state index < -0.39 is 62.6 Å². The molecule has 0 bridgehead atoms. The van der Waals surface area contributed by atoms with E-state index in [1.165, 1.54) is 25.1 Å². The van der Waals surface area contributed by atoms with Crippen LogP contribution in [-0.2, 0) is 4.79 Å². The van der Waals surface area contributed by atoms with Gasteiger partial charge in [-0.05, 0) is 54.4 Å². The Balaban J connectivity index is 1.56. The Bertz CT molecular complexity index is 1420. The molecule has 0 spiro atoms. The number of nitrogen functional groups attached to an aromatic ring is 1. The third-order valence-corrected chi connectivity index (χ3v) is 7.10. The predicted octanol–water partition coefficient (Wildman–Crippen LogP) is 6.57. The second-order valence-electron chi connectivity index (χ2n) is 8.20. The van der Waals surface area contributed by atoms with Gasteiger partial charge in [0, 0.05) is 17.2 Å². The zero-order valence-electron chi connectivity index (χ0n) is 18.2. The standard InChI is InChI=1S/C24H16Cl3F4N3O2/c1-9-12(22(35)34-17-5-4-15(29)21(32)20(17)31)7-11(8-16(9)30)33-23(36)19-18(24(19,26)27)10-2-3-14(28)13(25)6-10/h2-8,18-19H,32H2,1H3,(H,33,36)(H,34,35)/t18-,19+/m0/s1. The zero-order valence-corrected chi connectivity index (χ0v) is 20.5. The van der Waals surface area contributed by atoms with E-state index in [0.717, 1.165) is 24.3 Å². The minimum Gasteiger partial charge on any atom is -0.394 e. The number of amides is 2. The summed E-state index contributed by atoms with van der Waals surface area (Å²) in [5.41, 5.74) is 4.11. The van der Waals surface area contributed by atoms with E-state index >= 15 is 0 Å². The normalized spacial score (nSPS) is 18.0. The molecule has 0 radical (unpaired) electrons. The fourth-order valence-electron chi connectivity index (χ4n) is 3.84. The SMILES string of the molecule is Cc1c(F)cc(NC(=O)[C@H]2[C@H](c3ccc(F)c(Cl)c3)C2(Cl)Cl)cc1C(=O)Nc1ccc(F)c(N)c1F.